The molecule has 0 unspecified atom stereocenters. The number of hydrazone groups is 1. The number of carbonyl (C=O) groups is 1. The van der Waals surface area contributed by atoms with Crippen LogP contribution in [-0.4, -0.2) is 23.2 Å². The lowest BCUT2D eigenvalue weighted by molar-refractivity contribution is -0.176. The molecule has 1 amide bonds. The fourth-order valence-corrected chi connectivity index (χ4v) is 3.62. The average Bonchev–Trinajstić information content (AvgIpc) is 2.72. The van der Waals surface area contributed by atoms with Gasteiger partial charge < -0.3 is 4.74 Å². The van der Waals surface area contributed by atoms with E-state index in [-0.39, 0.29) is 11.9 Å². The Morgan fingerprint density at radius 1 is 0.931 bits per heavy atom. The van der Waals surface area contributed by atoms with Gasteiger partial charge in [0.25, 0.3) is 5.91 Å². The maximum Gasteiger partial charge on any atom is 0.275 e. The number of β-lactam (4-membered cyclic amide) rings is 1. The molecule has 3 aromatic rings. The Bertz CT molecular complexity index is 1040. The molecule has 1 saturated heterocycles. The lowest BCUT2D eigenvalue weighted by Crippen LogP contribution is -2.57. The van der Waals surface area contributed by atoms with Crippen LogP contribution in [0.2, 0.25) is 10.0 Å². The molecule has 0 spiro atoms. The van der Waals surface area contributed by atoms with E-state index in [0.717, 1.165) is 16.7 Å². The van der Waals surface area contributed by atoms with Crippen LogP contribution in [0, 0.1) is 0 Å². The van der Waals surface area contributed by atoms with Gasteiger partial charge in [0.2, 0.25) is 0 Å². The van der Waals surface area contributed by atoms with Crippen LogP contribution in [0.3, 0.4) is 0 Å². The third-order valence-electron chi connectivity index (χ3n) is 4.66. The third-order valence-corrected chi connectivity index (χ3v) is 5.13. The maximum atomic E-state index is 12.8. The van der Waals surface area contributed by atoms with E-state index in [2.05, 4.69) is 5.10 Å². The van der Waals surface area contributed by atoms with Gasteiger partial charge >= 0.3 is 0 Å². The highest BCUT2D eigenvalue weighted by Crippen LogP contribution is 2.38. The number of hydrogen-bond acceptors (Lipinski definition) is 3. The van der Waals surface area contributed by atoms with E-state index >= 15 is 0 Å². The maximum absolute atomic E-state index is 12.8. The molecule has 0 aromatic heterocycles. The molecule has 1 aliphatic rings. The van der Waals surface area contributed by atoms with Crippen molar-refractivity contribution in [1.29, 1.82) is 0 Å². The number of halogens is 2. The quantitative estimate of drug-likeness (QED) is 0.387. The van der Waals surface area contributed by atoms with Crippen molar-refractivity contribution in [2.24, 2.45) is 5.10 Å². The molecule has 0 bridgehead atoms. The van der Waals surface area contributed by atoms with Gasteiger partial charge in [-0.25, -0.2) is 5.01 Å². The molecular weight excluding hydrogens is 407 g/mol. The van der Waals surface area contributed by atoms with Crippen molar-refractivity contribution < 1.29 is 9.53 Å². The van der Waals surface area contributed by atoms with Crippen LogP contribution in [0.4, 0.5) is 0 Å². The molecule has 1 aliphatic heterocycles. The lowest BCUT2D eigenvalue weighted by atomic mass is 9.92. The Morgan fingerprint density at radius 3 is 2.38 bits per heavy atom. The summed E-state index contributed by atoms with van der Waals surface area (Å²) in [7, 11) is 0. The van der Waals surface area contributed by atoms with Gasteiger partial charge in [-0.1, -0.05) is 77.8 Å². The normalized spacial score (nSPS) is 18.8. The molecule has 4 rings (SSSR count). The Kier molecular flexibility index (Phi) is 5.95. The number of nitrogens with zero attached hydrogens (tertiary/aromatic N) is 2. The van der Waals surface area contributed by atoms with Crippen molar-refractivity contribution in [3.63, 3.8) is 0 Å². The molecule has 1 fully saturated rings. The van der Waals surface area contributed by atoms with Crippen LogP contribution in [0.5, 0.6) is 0 Å². The summed E-state index contributed by atoms with van der Waals surface area (Å²) in [5.74, 6) is -0.191. The van der Waals surface area contributed by atoms with Crippen molar-refractivity contribution in [2.75, 3.05) is 0 Å². The SMILES string of the molecule is O=C1[C@@H](OCc2ccccc2)[C@@H](c2cccc(Cl)c2)N1/N=C/c1cccc(Cl)c1. The topological polar surface area (TPSA) is 41.9 Å². The van der Waals surface area contributed by atoms with Crippen LogP contribution < -0.4 is 0 Å². The first-order valence-corrected chi connectivity index (χ1v) is 9.91. The Balaban J connectivity index is 1.56. The van der Waals surface area contributed by atoms with Crippen molar-refractivity contribution in [3.8, 4) is 0 Å². The first kappa shape index (κ1) is 19.6. The first-order valence-electron chi connectivity index (χ1n) is 9.15. The van der Waals surface area contributed by atoms with Crippen molar-refractivity contribution in [1.82, 2.24) is 5.01 Å². The van der Waals surface area contributed by atoms with Gasteiger partial charge in [-0.2, -0.15) is 5.10 Å². The predicted molar refractivity (Wildman–Crippen MR) is 115 cm³/mol. The van der Waals surface area contributed by atoms with Crippen LogP contribution >= 0.6 is 23.2 Å². The number of hydrogen-bond donors (Lipinski definition) is 0. The van der Waals surface area contributed by atoms with E-state index in [1.54, 1.807) is 24.4 Å². The predicted octanol–water partition coefficient (Wildman–Crippen LogP) is 5.50. The minimum Gasteiger partial charge on any atom is -0.361 e. The number of benzene rings is 3. The Labute approximate surface area is 179 Å². The number of amides is 1. The zero-order chi connectivity index (χ0) is 20.2. The average molecular weight is 425 g/mol. The van der Waals surface area contributed by atoms with E-state index in [4.69, 9.17) is 27.9 Å². The van der Waals surface area contributed by atoms with E-state index in [1.807, 2.05) is 60.7 Å². The molecule has 0 N–H and O–H groups in total. The highest BCUT2D eigenvalue weighted by Gasteiger charge is 2.49. The third kappa shape index (κ3) is 4.51. The van der Waals surface area contributed by atoms with E-state index in [0.29, 0.717) is 16.7 Å². The summed E-state index contributed by atoms with van der Waals surface area (Å²) in [6.07, 6.45) is 1.000. The largest absolute Gasteiger partial charge is 0.361 e. The second kappa shape index (κ2) is 8.78. The van der Waals surface area contributed by atoms with Crippen LogP contribution in [0.15, 0.2) is 84.0 Å². The van der Waals surface area contributed by atoms with Crippen molar-refractivity contribution in [3.05, 3.63) is 106 Å². The smallest absolute Gasteiger partial charge is 0.275 e. The van der Waals surface area contributed by atoms with Crippen molar-refractivity contribution >= 4 is 35.3 Å². The highest BCUT2D eigenvalue weighted by molar-refractivity contribution is 6.31. The number of rotatable bonds is 6. The molecule has 146 valence electrons. The molecule has 6 heteroatoms. The molecular formula is C23H18Cl2N2O2. The highest BCUT2D eigenvalue weighted by atomic mass is 35.5. The van der Waals surface area contributed by atoms with Gasteiger partial charge in [-0.3, -0.25) is 4.79 Å². The second-order valence-electron chi connectivity index (χ2n) is 6.70. The van der Waals surface area contributed by atoms with Gasteiger partial charge in [0, 0.05) is 10.0 Å². The molecule has 2 atom stereocenters. The van der Waals surface area contributed by atoms with Gasteiger partial charge in [0.15, 0.2) is 6.10 Å². The van der Waals surface area contributed by atoms with Gasteiger partial charge in [0.05, 0.1) is 12.8 Å². The molecule has 29 heavy (non-hydrogen) atoms. The minimum absolute atomic E-state index is 0.191. The molecule has 0 aliphatic carbocycles. The second-order valence-corrected chi connectivity index (χ2v) is 7.57. The molecule has 0 saturated carbocycles. The summed E-state index contributed by atoms with van der Waals surface area (Å²) in [5.41, 5.74) is 2.69. The van der Waals surface area contributed by atoms with Crippen LogP contribution in [0.1, 0.15) is 22.7 Å². The van der Waals surface area contributed by atoms with Crippen LogP contribution in [-0.2, 0) is 16.1 Å². The van der Waals surface area contributed by atoms with E-state index < -0.39 is 6.10 Å². The molecule has 3 aromatic carbocycles. The van der Waals surface area contributed by atoms with Gasteiger partial charge in [-0.05, 0) is 41.0 Å². The summed E-state index contributed by atoms with van der Waals surface area (Å²) in [4.78, 5) is 12.8. The number of carbonyl (C=O) groups excluding carboxylic acids is 1. The summed E-state index contributed by atoms with van der Waals surface area (Å²) in [5, 5.41) is 7.03. The summed E-state index contributed by atoms with van der Waals surface area (Å²) >= 11 is 12.2. The zero-order valence-electron chi connectivity index (χ0n) is 15.4. The van der Waals surface area contributed by atoms with Gasteiger partial charge in [-0.15, -0.1) is 0 Å². The van der Waals surface area contributed by atoms with Crippen molar-refractivity contribution in [2.45, 2.75) is 18.8 Å². The van der Waals surface area contributed by atoms with E-state index in [9.17, 15) is 4.79 Å². The van der Waals surface area contributed by atoms with Crippen LogP contribution in [0.25, 0.3) is 0 Å². The van der Waals surface area contributed by atoms with E-state index in [1.165, 1.54) is 5.01 Å². The summed E-state index contributed by atoms with van der Waals surface area (Å²) < 4.78 is 5.96. The standard InChI is InChI=1S/C23H18Cl2N2O2/c24-19-10-4-8-17(12-19)14-26-27-21(18-9-5-11-20(25)13-18)22(23(27)28)29-15-16-6-2-1-3-7-16/h1-14,21-22H,15H2/b26-14+/t21-,22+/m1/s1. The summed E-state index contributed by atoms with van der Waals surface area (Å²) in [6, 6.07) is 24.1. The molecule has 0 radical (unpaired) electrons. The summed E-state index contributed by atoms with van der Waals surface area (Å²) in [6.45, 7) is 0.347. The Hall–Kier alpha value is -2.66. The Morgan fingerprint density at radius 2 is 1.66 bits per heavy atom. The zero-order valence-corrected chi connectivity index (χ0v) is 16.9. The lowest BCUT2D eigenvalue weighted by Gasteiger charge is -2.43. The fourth-order valence-electron chi connectivity index (χ4n) is 3.22. The molecule has 4 nitrogen and oxygen atoms in total. The molecule has 1 heterocycles. The number of ether oxygens (including phenoxy) is 1. The minimum atomic E-state index is -0.620. The van der Waals surface area contributed by atoms with Gasteiger partial charge in [0.1, 0.15) is 6.04 Å². The first-order chi connectivity index (χ1) is 14.1. The fraction of sp³-hybridized carbons (Fsp3) is 0.130. The monoisotopic (exact) mass is 424 g/mol.